The number of likely N-dealkylation sites (tertiary alicyclic amines) is 1. The third-order valence-electron chi connectivity index (χ3n) is 5.72. The molecule has 8 nitrogen and oxygen atoms in total. The van der Waals surface area contributed by atoms with Crippen LogP contribution in [0.15, 0.2) is 34.9 Å². The zero-order valence-electron chi connectivity index (χ0n) is 18.1. The molecule has 1 N–H and O–H groups in total. The van der Waals surface area contributed by atoms with Gasteiger partial charge in [-0.3, -0.25) is 4.79 Å². The highest BCUT2D eigenvalue weighted by Crippen LogP contribution is 2.31. The second-order valence-electron chi connectivity index (χ2n) is 8.31. The van der Waals surface area contributed by atoms with E-state index in [-0.39, 0.29) is 30.3 Å². The molecule has 1 atom stereocenters. The van der Waals surface area contributed by atoms with Crippen molar-refractivity contribution in [3.8, 4) is 17.0 Å². The standard InChI is InChI=1S/C22H25F3N4O4/c1-14(30)29(16-7-8-16)17-5-3-9-28(13-17)21(31)26-12-19-11-20(27-33-19)15-4-2-6-18(10-15)32-22(23,24)25/h2,4,6,10-11,16-17H,3,5,7-9,12-13H2,1H3,(H,26,31)/t17-/m1/s1. The van der Waals surface area contributed by atoms with E-state index in [1.165, 1.54) is 18.2 Å². The smallest absolute Gasteiger partial charge is 0.406 e. The summed E-state index contributed by atoms with van der Waals surface area (Å²) in [7, 11) is 0. The molecule has 2 aliphatic rings. The zero-order valence-corrected chi connectivity index (χ0v) is 18.1. The van der Waals surface area contributed by atoms with Crippen LogP contribution in [0, 0.1) is 0 Å². The predicted octanol–water partition coefficient (Wildman–Crippen LogP) is 3.93. The predicted molar refractivity (Wildman–Crippen MR) is 111 cm³/mol. The number of aromatic nitrogens is 1. The Balaban J connectivity index is 1.33. The van der Waals surface area contributed by atoms with Crippen molar-refractivity contribution in [3.63, 3.8) is 0 Å². The molecule has 0 unspecified atom stereocenters. The molecule has 1 aliphatic carbocycles. The summed E-state index contributed by atoms with van der Waals surface area (Å²) >= 11 is 0. The van der Waals surface area contributed by atoms with Gasteiger partial charge >= 0.3 is 12.4 Å². The Morgan fingerprint density at radius 1 is 1.24 bits per heavy atom. The van der Waals surface area contributed by atoms with Crippen molar-refractivity contribution in [1.29, 1.82) is 0 Å². The van der Waals surface area contributed by atoms with Crippen molar-refractivity contribution in [2.45, 2.75) is 57.6 Å². The normalized spacial score (nSPS) is 18.7. The average Bonchev–Trinajstić information content (AvgIpc) is 3.46. The van der Waals surface area contributed by atoms with Gasteiger partial charge in [0, 0.05) is 43.7 Å². The van der Waals surface area contributed by atoms with Gasteiger partial charge in [0.2, 0.25) is 5.91 Å². The highest BCUT2D eigenvalue weighted by Gasteiger charge is 2.38. The number of nitrogens with zero attached hydrogens (tertiary/aromatic N) is 3. The molecule has 3 amide bonds. The minimum Gasteiger partial charge on any atom is -0.406 e. The molecular weight excluding hydrogens is 441 g/mol. The van der Waals surface area contributed by atoms with Gasteiger partial charge in [-0.2, -0.15) is 0 Å². The van der Waals surface area contributed by atoms with Crippen LogP contribution in [-0.2, 0) is 11.3 Å². The van der Waals surface area contributed by atoms with E-state index in [0.29, 0.717) is 36.1 Å². The SMILES string of the molecule is CC(=O)N(C1CC1)[C@@H]1CCCN(C(=O)NCc2cc(-c3cccc(OC(F)(F)F)c3)no2)C1. The first-order valence-corrected chi connectivity index (χ1v) is 10.8. The number of rotatable bonds is 6. The van der Waals surface area contributed by atoms with Crippen LogP contribution in [0.2, 0.25) is 0 Å². The maximum absolute atomic E-state index is 12.7. The first kappa shape index (κ1) is 22.9. The van der Waals surface area contributed by atoms with Crippen molar-refractivity contribution >= 4 is 11.9 Å². The van der Waals surface area contributed by atoms with Crippen LogP contribution in [-0.4, -0.2) is 58.4 Å². The summed E-state index contributed by atoms with van der Waals surface area (Å²) in [5, 5.41) is 6.66. The topological polar surface area (TPSA) is 87.9 Å². The number of carbonyl (C=O) groups excluding carboxylic acids is 2. The van der Waals surface area contributed by atoms with Crippen LogP contribution in [0.25, 0.3) is 11.3 Å². The van der Waals surface area contributed by atoms with Crippen LogP contribution >= 0.6 is 0 Å². The Morgan fingerprint density at radius 3 is 2.73 bits per heavy atom. The number of alkyl halides is 3. The lowest BCUT2D eigenvalue weighted by molar-refractivity contribution is -0.274. The number of benzene rings is 1. The van der Waals surface area contributed by atoms with E-state index in [9.17, 15) is 22.8 Å². The Kier molecular flexibility index (Phi) is 6.48. The van der Waals surface area contributed by atoms with E-state index < -0.39 is 6.36 Å². The van der Waals surface area contributed by atoms with Crippen LogP contribution in [0.3, 0.4) is 0 Å². The van der Waals surface area contributed by atoms with Crippen molar-refractivity contribution in [2.75, 3.05) is 13.1 Å². The molecule has 1 aromatic carbocycles. The van der Waals surface area contributed by atoms with E-state index in [0.717, 1.165) is 25.7 Å². The number of nitrogens with one attached hydrogen (secondary N) is 1. The van der Waals surface area contributed by atoms with E-state index >= 15 is 0 Å². The lowest BCUT2D eigenvalue weighted by Gasteiger charge is -2.39. The quantitative estimate of drug-likeness (QED) is 0.697. The van der Waals surface area contributed by atoms with Gasteiger partial charge in [-0.25, -0.2) is 4.79 Å². The molecule has 1 aromatic heterocycles. The second kappa shape index (κ2) is 9.32. The summed E-state index contributed by atoms with van der Waals surface area (Å²) in [5.74, 6) is 0.0457. The number of piperidine rings is 1. The van der Waals surface area contributed by atoms with Crippen molar-refractivity contribution in [3.05, 3.63) is 36.1 Å². The first-order valence-electron chi connectivity index (χ1n) is 10.8. The van der Waals surface area contributed by atoms with Crippen LogP contribution in [0.1, 0.15) is 38.4 Å². The monoisotopic (exact) mass is 466 g/mol. The van der Waals surface area contributed by atoms with Gasteiger partial charge in [0.1, 0.15) is 11.4 Å². The van der Waals surface area contributed by atoms with Gasteiger partial charge in [0.05, 0.1) is 6.54 Å². The molecule has 0 spiro atoms. The van der Waals surface area contributed by atoms with Crippen LogP contribution < -0.4 is 10.1 Å². The van der Waals surface area contributed by atoms with Gasteiger partial charge in [-0.15, -0.1) is 13.2 Å². The molecule has 2 fully saturated rings. The largest absolute Gasteiger partial charge is 0.573 e. The molecule has 33 heavy (non-hydrogen) atoms. The fraction of sp³-hybridized carbons (Fsp3) is 0.500. The van der Waals surface area contributed by atoms with Gasteiger partial charge < -0.3 is 24.4 Å². The molecule has 0 radical (unpaired) electrons. The number of urea groups is 1. The Morgan fingerprint density at radius 2 is 2.03 bits per heavy atom. The minimum absolute atomic E-state index is 0.0255. The Labute approximate surface area is 188 Å². The Bertz CT molecular complexity index is 1010. The maximum atomic E-state index is 12.7. The third kappa shape index (κ3) is 5.96. The Hall–Kier alpha value is -3.24. The van der Waals surface area contributed by atoms with Gasteiger partial charge in [-0.1, -0.05) is 17.3 Å². The molecule has 1 saturated heterocycles. The summed E-state index contributed by atoms with van der Waals surface area (Å²) < 4.78 is 46.5. The molecule has 11 heteroatoms. The number of carbonyl (C=O) groups is 2. The fourth-order valence-corrected chi connectivity index (χ4v) is 4.19. The number of amides is 3. The van der Waals surface area contributed by atoms with Crippen LogP contribution in [0.5, 0.6) is 5.75 Å². The third-order valence-corrected chi connectivity index (χ3v) is 5.72. The molecule has 0 bridgehead atoms. The maximum Gasteiger partial charge on any atom is 0.573 e. The molecule has 1 saturated carbocycles. The number of hydrogen-bond donors (Lipinski definition) is 1. The van der Waals surface area contributed by atoms with E-state index in [4.69, 9.17) is 4.52 Å². The molecule has 4 rings (SSSR count). The lowest BCUT2D eigenvalue weighted by atomic mass is 10.0. The fourth-order valence-electron chi connectivity index (χ4n) is 4.19. The second-order valence-corrected chi connectivity index (χ2v) is 8.31. The summed E-state index contributed by atoms with van der Waals surface area (Å²) in [5.41, 5.74) is 0.716. The first-order chi connectivity index (χ1) is 15.7. The van der Waals surface area contributed by atoms with E-state index in [1.807, 2.05) is 4.90 Å². The zero-order chi connectivity index (χ0) is 23.6. The summed E-state index contributed by atoms with van der Waals surface area (Å²) in [4.78, 5) is 28.3. The van der Waals surface area contributed by atoms with Gasteiger partial charge in [-0.05, 0) is 37.8 Å². The minimum atomic E-state index is -4.79. The number of hydrogen-bond acceptors (Lipinski definition) is 5. The summed E-state index contributed by atoms with van der Waals surface area (Å²) in [6, 6.07) is 7.01. The molecular formula is C22H25F3N4O4. The molecule has 1 aliphatic heterocycles. The van der Waals surface area contributed by atoms with Crippen molar-refractivity contribution in [1.82, 2.24) is 20.3 Å². The highest BCUT2D eigenvalue weighted by atomic mass is 19.4. The molecule has 2 aromatic rings. The van der Waals surface area contributed by atoms with E-state index in [2.05, 4.69) is 15.2 Å². The number of halogens is 3. The number of ether oxygens (including phenoxy) is 1. The van der Waals surface area contributed by atoms with Gasteiger partial charge in [0.25, 0.3) is 0 Å². The average molecular weight is 466 g/mol. The van der Waals surface area contributed by atoms with Crippen LogP contribution in [0.4, 0.5) is 18.0 Å². The molecule has 178 valence electrons. The highest BCUT2D eigenvalue weighted by molar-refractivity contribution is 5.76. The summed E-state index contributed by atoms with van der Waals surface area (Å²) in [6.45, 7) is 2.73. The van der Waals surface area contributed by atoms with Crippen molar-refractivity contribution in [2.24, 2.45) is 0 Å². The van der Waals surface area contributed by atoms with Gasteiger partial charge in [0.15, 0.2) is 5.76 Å². The van der Waals surface area contributed by atoms with E-state index in [1.54, 1.807) is 24.0 Å². The van der Waals surface area contributed by atoms with Crippen molar-refractivity contribution < 1.29 is 32.0 Å². The summed E-state index contributed by atoms with van der Waals surface area (Å²) in [6.07, 6.45) is -1.06. The molecule has 2 heterocycles. The lowest BCUT2D eigenvalue weighted by Crippen LogP contribution is -2.53.